The summed E-state index contributed by atoms with van der Waals surface area (Å²) in [6.07, 6.45) is 1.40. The van der Waals surface area contributed by atoms with Crippen LogP contribution in [0.1, 0.15) is 30.9 Å². The fraction of sp³-hybridized carbons (Fsp3) is 0.192. The molecule has 0 bridgehead atoms. The minimum atomic E-state index is -0.458. The van der Waals surface area contributed by atoms with Crippen LogP contribution in [0.25, 0.3) is 0 Å². The van der Waals surface area contributed by atoms with Crippen LogP contribution in [0.2, 0.25) is 5.02 Å². The molecule has 0 saturated heterocycles. The molecule has 0 atom stereocenters. The Morgan fingerprint density at radius 1 is 1.00 bits per heavy atom. The number of amides is 2. The van der Waals surface area contributed by atoms with Crippen molar-refractivity contribution < 1.29 is 24.0 Å². The standard InChI is InChI=1S/C26H25ClN4O6/c1-2-36-24-14-19(8-11-23(24)37-17-18-6-9-22(10-7-18)31(34)35)16-28-30-26(33)13-12-25(32)29-21-5-3-4-20(27)15-21/h3-11,14-16H,2,12-13,17H2,1H3,(H,29,32)(H,30,33). The molecule has 0 fully saturated rings. The van der Waals surface area contributed by atoms with Gasteiger partial charge in [0.15, 0.2) is 11.5 Å². The molecule has 37 heavy (non-hydrogen) atoms. The van der Waals surface area contributed by atoms with Crippen molar-refractivity contribution in [3.8, 4) is 11.5 Å². The summed E-state index contributed by atoms with van der Waals surface area (Å²) >= 11 is 5.89. The summed E-state index contributed by atoms with van der Waals surface area (Å²) in [5, 5.41) is 17.9. The fourth-order valence-corrected chi connectivity index (χ4v) is 3.31. The number of non-ortho nitro benzene ring substituents is 1. The van der Waals surface area contributed by atoms with E-state index in [1.807, 2.05) is 6.92 Å². The SMILES string of the molecule is CCOc1cc(C=NNC(=O)CCC(=O)Nc2cccc(Cl)c2)ccc1OCc1ccc([N+](=O)[O-])cc1. The second-order valence-corrected chi connectivity index (χ2v) is 8.14. The lowest BCUT2D eigenvalue weighted by Crippen LogP contribution is -2.20. The molecule has 3 rings (SSSR count). The smallest absolute Gasteiger partial charge is 0.269 e. The van der Waals surface area contributed by atoms with Gasteiger partial charge in [0.25, 0.3) is 5.69 Å². The van der Waals surface area contributed by atoms with Gasteiger partial charge < -0.3 is 14.8 Å². The highest BCUT2D eigenvalue weighted by Gasteiger charge is 2.09. The number of anilines is 1. The highest BCUT2D eigenvalue weighted by molar-refractivity contribution is 6.30. The van der Waals surface area contributed by atoms with E-state index < -0.39 is 10.8 Å². The van der Waals surface area contributed by atoms with Crippen molar-refractivity contribution in [1.82, 2.24) is 5.43 Å². The van der Waals surface area contributed by atoms with Gasteiger partial charge in [0.1, 0.15) is 6.61 Å². The van der Waals surface area contributed by atoms with Gasteiger partial charge >= 0.3 is 0 Å². The lowest BCUT2D eigenvalue weighted by Gasteiger charge is -2.12. The second kappa shape index (κ2) is 13.6. The van der Waals surface area contributed by atoms with Gasteiger partial charge in [-0.1, -0.05) is 17.7 Å². The molecule has 0 radical (unpaired) electrons. The van der Waals surface area contributed by atoms with Crippen molar-refractivity contribution in [2.75, 3.05) is 11.9 Å². The first-order valence-corrected chi connectivity index (χ1v) is 11.7. The number of hydrogen-bond donors (Lipinski definition) is 2. The Labute approximate surface area is 218 Å². The van der Waals surface area contributed by atoms with E-state index in [0.717, 1.165) is 5.56 Å². The number of carbonyl (C=O) groups excluding carboxylic acids is 2. The average molecular weight is 525 g/mol. The summed E-state index contributed by atoms with van der Waals surface area (Å²) < 4.78 is 11.5. The third-order valence-electron chi connectivity index (χ3n) is 4.90. The van der Waals surface area contributed by atoms with Gasteiger partial charge in [-0.3, -0.25) is 19.7 Å². The van der Waals surface area contributed by atoms with Crippen molar-refractivity contribution in [3.63, 3.8) is 0 Å². The van der Waals surface area contributed by atoms with Crippen molar-refractivity contribution in [2.45, 2.75) is 26.4 Å². The van der Waals surface area contributed by atoms with E-state index in [9.17, 15) is 19.7 Å². The lowest BCUT2D eigenvalue weighted by atomic mass is 10.2. The largest absolute Gasteiger partial charge is 0.490 e. The molecule has 0 spiro atoms. The number of nitro benzene ring substituents is 1. The maximum atomic E-state index is 12.0. The Morgan fingerprint density at radius 3 is 2.46 bits per heavy atom. The molecular formula is C26H25ClN4O6. The number of nitro groups is 1. The normalized spacial score (nSPS) is 10.6. The van der Waals surface area contributed by atoms with Gasteiger partial charge in [0, 0.05) is 35.7 Å². The third kappa shape index (κ3) is 8.93. The summed E-state index contributed by atoms with van der Waals surface area (Å²) in [6.45, 7) is 2.44. The highest BCUT2D eigenvalue weighted by Crippen LogP contribution is 2.29. The van der Waals surface area contributed by atoms with Gasteiger partial charge in [-0.25, -0.2) is 5.43 Å². The van der Waals surface area contributed by atoms with Crippen LogP contribution in [0.4, 0.5) is 11.4 Å². The van der Waals surface area contributed by atoms with E-state index in [1.54, 1.807) is 54.6 Å². The molecule has 2 amide bonds. The molecule has 0 saturated carbocycles. The van der Waals surface area contributed by atoms with E-state index >= 15 is 0 Å². The minimum absolute atomic E-state index is 0.00954. The number of rotatable bonds is 12. The van der Waals surface area contributed by atoms with E-state index in [2.05, 4.69) is 15.8 Å². The molecule has 2 N–H and O–H groups in total. The van der Waals surface area contributed by atoms with Crippen LogP contribution < -0.4 is 20.2 Å². The first kappa shape index (κ1) is 27.2. The monoisotopic (exact) mass is 524 g/mol. The van der Waals surface area contributed by atoms with E-state index in [0.29, 0.717) is 34.4 Å². The number of hydrogen-bond acceptors (Lipinski definition) is 7. The molecule has 192 valence electrons. The van der Waals surface area contributed by atoms with Crippen molar-refractivity contribution in [3.05, 3.63) is 93.0 Å². The van der Waals surface area contributed by atoms with Gasteiger partial charge in [-0.15, -0.1) is 0 Å². The molecule has 3 aromatic rings. The van der Waals surface area contributed by atoms with Crippen molar-refractivity contribution in [1.29, 1.82) is 0 Å². The molecule has 0 aliphatic carbocycles. The van der Waals surface area contributed by atoms with Crippen LogP contribution in [0.5, 0.6) is 11.5 Å². The predicted molar refractivity (Wildman–Crippen MR) is 140 cm³/mol. The minimum Gasteiger partial charge on any atom is -0.490 e. The Bertz CT molecular complexity index is 1280. The molecule has 0 heterocycles. The molecule has 0 aliphatic rings. The third-order valence-corrected chi connectivity index (χ3v) is 5.13. The number of carbonyl (C=O) groups is 2. The quantitative estimate of drug-likeness (QED) is 0.192. The highest BCUT2D eigenvalue weighted by atomic mass is 35.5. The number of halogens is 1. The molecule has 0 aliphatic heterocycles. The number of hydrazone groups is 1. The average Bonchev–Trinajstić information content (AvgIpc) is 2.87. The summed E-state index contributed by atoms with van der Waals surface area (Å²) in [6, 6.07) is 18.0. The summed E-state index contributed by atoms with van der Waals surface area (Å²) in [7, 11) is 0. The Kier molecular flexibility index (Phi) is 9.98. The second-order valence-electron chi connectivity index (χ2n) is 7.70. The molecule has 0 aromatic heterocycles. The number of nitrogens with zero attached hydrogens (tertiary/aromatic N) is 2. The summed E-state index contributed by atoms with van der Waals surface area (Å²) in [5.74, 6) is 0.252. The molecular weight excluding hydrogens is 500 g/mol. The maximum Gasteiger partial charge on any atom is 0.269 e. The molecule has 0 unspecified atom stereocenters. The van der Waals surface area contributed by atoms with E-state index in [1.165, 1.54) is 18.3 Å². The van der Waals surface area contributed by atoms with Crippen molar-refractivity contribution >= 4 is 41.0 Å². The van der Waals surface area contributed by atoms with Gasteiger partial charge in [0.2, 0.25) is 11.8 Å². The number of benzene rings is 3. The zero-order valence-electron chi connectivity index (χ0n) is 20.0. The first-order chi connectivity index (χ1) is 17.8. The maximum absolute atomic E-state index is 12.0. The Morgan fingerprint density at radius 2 is 1.76 bits per heavy atom. The van der Waals surface area contributed by atoms with Gasteiger partial charge in [-0.2, -0.15) is 5.10 Å². The van der Waals surface area contributed by atoms with Crippen LogP contribution in [0.15, 0.2) is 71.8 Å². The lowest BCUT2D eigenvalue weighted by molar-refractivity contribution is -0.384. The summed E-state index contributed by atoms with van der Waals surface area (Å²) in [5.41, 5.74) is 4.38. The Hall–Kier alpha value is -4.44. The topological polar surface area (TPSA) is 132 Å². The molecule has 10 nitrogen and oxygen atoms in total. The van der Waals surface area contributed by atoms with Crippen LogP contribution in [-0.4, -0.2) is 29.6 Å². The molecule has 3 aromatic carbocycles. The van der Waals surface area contributed by atoms with Gasteiger partial charge in [0.05, 0.1) is 17.7 Å². The number of nitrogens with one attached hydrogen (secondary N) is 2. The fourth-order valence-electron chi connectivity index (χ4n) is 3.12. The zero-order chi connectivity index (χ0) is 26.6. The first-order valence-electron chi connectivity index (χ1n) is 11.3. The van der Waals surface area contributed by atoms with E-state index in [4.69, 9.17) is 21.1 Å². The van der Waals surface area contributed by atoms with Crippen LogP contribution in [-0.2, 0) is 16.2 Å². The molecule has 11 heteroatoms. The summed E-state index contributed by atoms with van der Waals surface area (Å²) in [4.78, 5) is 34.4. The predicted octanol–water partition coefficient (Wildman–Crippen LogP) is 5.09. The van der Waals surface area contributed by atoms with Gasteiger partial charge in [-0.05, 0) is 66.6 Å². The van der Waals surface area contributed by atoms with Crippen LogP contribution >= 0.6 is 11.6 Å². The zero-order valence-corrected chi connectivity index (χ0v) is 20.7. The van der Waals surface area contributed by atoms with Crippen molar-refractivity contribution in [2.24, 2.45) is 5.10 Å². The number of ether oxygens (including phenoxy) is 2. The van der Waals surface area contributed by atoms with E-state index in [-0.39, 0.29) is 31.0 Å². The Balaban J connectivity index is 1.50. The van der Waals surface area contributed by atoms with Crippen LogP contribution in [0.3, 0.4) is 0 Å². The van der Waals surface area contributed by atoms with Crippen LogP contribution in [0, 0.1) is 10.1 Å².